The van der Waals surface area contributed by atoms with Gasteiger partial charge in [-0.15, -0.1) is 0 Å². The topological polar surface area (TPSA) is 53.7 Å². The van der Waals surface area contributed by atoms with Crippen molar-refractivity contribution in [1.29, 1.82) is 0 Å². The summed E-state index contributed by atoms with van der Waals surface area (Å²) in [5, 5.41) is 0.639. The quantitative estimate of drug-likeness (QED) is 0.903. The highest BCUT2D eigenvalue weighted by molar-refractivity contribution is 6.30. The minimum absolute atomic E-state index is 0.167. The first-order valence-corrected chi connectivity index (χ1v) is 6.93. The molecule has 1 aliphatic rings. The first-order chi connectivity index (χ1) is 9.24. The van der Waals surface area contributed by atoms with Gasteiger partial charge in [0.15, 0.2) is 11.5 Å². The molecule has 0 radical (unpaired) electrons. The van der Waals surface area contributed by atoms with Crippen LogP contribution in [-0.2, 0) is 11.2 Å². The van der Waals surface area contributed by atoms with Crippen molar-refractivity contribution in [2.45, 2.75) is 25.4 Å². The van der Waals surface area contributed by atoms with Crippen LogP contribution in [0.5, 0.6) is 11.5 Å². The lowest BCUT2D eigenvalue weighted by atomic mass is 10.1. The molecule has 2 N–H and O–H groups in total. The maximum absolute atomic E-state index is 6.10. The molecule has 106 valence electrons. The zero-order valence-electron chi connectivity index (χ0n) is 11.2. The second kappa shape index (κ2) is 6.98. The Morgan fingerprint density at radius 2 is 2.11 bits per heavy atom. The Balaban J connectivity index is 2.24. The number of halogens is 1. The summed E-state index contributed by atoms with van der Waals surface area (Å²) in [6.45, 7) is 2.03. The Kier molecular flexibility index (Phi) is 5.31. The average Bonchev–Trinajstić information content (AvgIpc) is 2.43. The molecule has 1 heterocycles. The van der Waals surface area contributed by atoms with Crippen molar-refractivity contribution >= 4 is 11.6 Å². The lowest BCUT2D eigenvalue weighted by Gasteiger charge is -2.25. The zero-order valence-corrected chi connectivity index (χ0v) is 11.9. The number of nitrogens with two attached hydrogens (primary N) is 1. The summed E-state index contributed by atoms with van der Waals surface area (Å²) in [5.41, 5.74) is 6.64. The van der Waals surface area contributed by atoms with Crippen molar-refractivity contribution in [2.75, 3.05) is 26.9 Å². The second-order valence-electron chi connectivity index (χ2n) is 4.56. The van der Waals surface area contributed by atoms with Crippen molar-refractivity contribution in [3.8, 4) is 11.5 Å². The molecule has 0 saturated carbocycles. The summed E-state index contributed by atoms with van der Waals surface area (Å²) in [6, 6.07) is 3.67. The van der Waals surface area contributed by atoms with Crippen LogP contribution < -0.4 is 15.2 Å². The van der Waals surface area contributed by atoms with E-state index >= 15 is 0 Å². The number of methoxy groups -OCH3 is 1. The standard InChI is InChI=1S/C14H20ClNO3/c1-17-13-9-11(15)8-10(2-5-16)14(13)19-12-3-6-18-7-4-12/h8-9,12H,2-7,16H2,1H3. The molecule has 1 aliphatic heterocycles. The Morgan fingerprint density at radius 1 is 1.37 bits per heavy atom. The summed E-state index contributed by atoms with van der Waals surface area (Å²) >= 11 is 6.08. The van der Waals surface area contributed by atoms with E-state index in [1.165, 1.54) is 0 Å². The maximum atomic E-state index is 6.10. The first kappa shape index (κ1) is 14.4. The van der Waals surface area contributed by atoms with Gasteiger partial charge in [0.25, 0.3) is 0 Å². The van der Waals surface area contributed by atoms with Crippen LogP contribution in [0.3, 0.4) is 0 Å². The van der Waals surface area contributed by atoms with Gasteiger partial charge in [0, 0.05) is 29.5 Å². The van der Waals surface area contributed by atoms with Gasteiger partial charge < -0.3 is 19.9 Å². The van der Waals surface area contributed by atoms with Gasteiger partial charge in [-0.05, 0) is 19.0 Å². The normalized spacial score (nSPS) is 16.4. The van der Waals surface area contributed by atoms with Crippen LogP contribution in [0.4, 0.5) is 0 Å². The lowest BCUT2D eigenvalue weighted by molar-refractivity contribution is 0.0241. The molecule has 1 saturated heterocycles. The first-order valence-electron chi connectivity index (χ1n) is 6.55. The SMILES string of the molecule is COc1cc(Cl)cc(CCN)c1OC1CCOCC1. The number of ether oxygens (including phenoxy) is 3. The number of hydrogen-bond acceptors (Lipinski definition) is 4. The van der Waals surface area contributed by atoms with Crippen molar-refractivity contribution in [3.05, 3.63) is 22.7 Å². The van der Waals surface area contributed by atoms with Crippen molar-refractivity contribution in [1.82, 2.24) is 0 Å². The minimum Gasteiger partial charge on any atom is -0.493 e. The van der Waals surface area contributed by atoms with E-state index in [-0.39, 0.29) is 6.10 Å². The summed E-state index contributed by atoms with van der Waals surface area (Å²) in [4.78, 5) is 0. The fourth-order valence-electron chi connectivity index (χ4n) is 2.21. The zero-order chi connectivity index (χ0) is 13.7. The van der Waals surface area contributed by atoms with Gasteiger partial charge in [0.1, 0.15) is 6.10 Å². The molecule has 5 heteroatoms. The highest BCUT2D eigenvalue weighted by atomic mass is 35.5. The van der Waals surface area contributed by atoms with Gasteiger partial charge in [-0.25, -0.2) is 0 Å². The molecule has 0 aromatic heterocycles. The fourth-order valence-corrected chi connectivity index (χ4v) is 2.44. The molecule has 0 unspecified atom stereocenters. The van der Waals surface area contributed by atoms with E-state index in [2.05, 4.69) is 0 Å². The third-order valence-corrected chi connectivity index (χ3v) is 3.40. The van der Waals surface area contributed by atoms with E-state index in [1.54, 1.807) is 13.2 Å². The lowest BCUT2D eigenvalue weighted by Crippen LogP contribution is -2.26. The van der Waals surface area contributed by atoms with Crippen LogP contribution in [0.25, 0.3) is 0 Å². The second-order valence-corrected chi connectivity index (χ2v) is 5.00. The molecule has 1 aromatic rings. The Bertz CT molecular complexity index is 419. The third kappa shape index (κ3) is 3.75. The summed E-state index contributed by atoms with van der Waals surface area (Å²) in [6.07, 6.45) is 2.68. The van der Waals surface area contributed by atoms with Crippen LogP contribution in [0, 0.1) is 0 Å². The molecule has 4 nitrogen and oxygen atoms in total. The molecule has 0 spiro atoms. The number of rotatable bonds is 5. The van der Waals surface area contributed by atoms with Crippen LogP contribution in [0.1, 0.15) is 18.4 Å². The monoisotopic (exact) mass is 285 g/mol. The smallest absolute Gasteiger partial charge is 0.164 e. The summed E-state index contributed by atoms with van der Waals surface area (Å²) in [7, 11) is 1.62. The Morgan fingerprint density at radius 3 is 2.74 bits per heavy atom. The van der Waals surface area contributed by atoms with Crippen LogP contribution in [0.2, 0.25) is 5.02 Å². The molecule has 0 bridgehead atoms. The largest absolute Gasteiger partial charge is 0.493 e. The Hall–Kier alpha value is -0.970. The number of hydrogen-bond donors (Lipinski definition) is 1. The van der Waals surface area contributed by atoms with Crippen LogP contribution in [0.15, 0.2) is 12.1 Å². The molecule has 19 heavy (non-hydrogen) atoms. The molecule has 0 atom stereocenters. The van der Waals surface area contributed by atoms with Gasteiger partial charge in [-0.1, -0.05) is 11.6 Å². The molecule has 0 aliphatic carbocycles. The fraction of sp³-hybridized carbons (Fsp3) is 0.571. The maximum Gasteiger partial charge on any atom is 0.164 e. The predicted octanol–water partition coefficient (Wildman–Crippen LogP) is 2.41. The van der Waals surface area contributed by atoms with Gasteiger partial charge in [-0.2, -0.15) is 0 Å². The molecular weight excluding hydrogens is 266 g/mol. The van der Waals surface area contributed by atoms with E-state index in [9.17, 15) is 0 Å². The van der Waals surface area contributed by atoms with Gasteiger partial charge in [0.2, 0.25) is 0 Å². The molecule has 1 aromatic carbocycles. The van der Waals surface area contributed by atoms with Crippen molar-refractivity contribution in [2.24, 2.45) is 5.73 Å². The Labute approximate surface area is 118 Å². The minimum atomic E-state index is 0.167. The van der Waals surface area contributed by atoms with Crippen molar-refractivity contribution in [3.63, 3.8) is 0 Å². The summed E-state index contributed by atoms with van der Waals surface area (Å²) < 4.78 is 16.8. The van der Waals surface area contributed by atoms with E-state index < -0.39 is 0 Å². The molecule has 0 amide bonds. The average molecular weight is 286 g/mol. The van der Waals surface area contributed by atoms with Gasteiger partial charge >= 0.3 is 0 Å². The van der Waals surface area contributed by atoms with Crippen LogP contribution >= 0.6 is 11.6 Å². The van der Waals surface area contributed by atoms with Crippen LogP contribution in [-0.4, -0.2) is 33.0 Å². The van der Waals surface area contributed by atoms with E-state index in [4.69, 9.17) is 31.5 Å². The molecule has 2 rings (SSSR count). The van der Waals surface area contributed by atoms with Gasteiger partial charge in [0.05, 0.1) is 20.3 Å². The number of benzene rings is 1. The van der Waals surface area contributed by atoms with Crippen molar-refractivity contribution < 1.29 is 14.2 Å². The van der Waals surface area contributed by atoms with E-state index in [1.807, 2.05) is 6.07 Å². The molecule has 1 fully saturated rings. The summed E-state index contributed by atoms with van der Waals surface area (Å²) in [5.74, 6) is 1.44. The van der Waals surface area contributed by atoms with E-state index in [0.717, 1.165) is 43.8 Å². The molecular formula is C14H20ClNO3. The van der Waals surface area contributed by atoms with Gasteiger partial charge in [-0.3, -0.25) is 0 Å². The van der Waals surface area contributed by atoms with E-state index in [0.29, 0.717) is 17.3 Å². The highest BCUT2D eigenvalue weighted by Crippen LogP contribution is 2.36. The highest BCUT2D eigenvalue weighted by Gasteiger charge is 2.20. The predicted molar refractivity (Wildman–Crippen MR) is 75.2 cm³/mol. The third-order valence-electron chi connectivity index (χ3n) is 3.18.